The molecule has 15 heteroatoms. The van der Waals surface area contributed by atoms with Crippen molar-refractivity contribution in [2.75, 3.05) is 13.7 Å². The summed E-state index contributed by atoms with van der Waals surface area (Å²) < 4.78 is 16.2. The lowest BCUT2D eigenvalue weighted by atomic mass is 9.96. The van der Waals surface area contributed by atoms with Crippen LogP contribution in [0.2, 0.25) is 0 Å². The third kappa shape index (κ3) is 9.03. The average Bonchev–Trinajstić information content (AvgIpc) is 2.77. The van der Waals surface area contributed by atoms with Crippen molar-refractivity contribution in [3.8, 4) is 0 Å². The summed E-state index contributed by atoms with van der Waals surface area (Å²) in [6.07, 6.45) is -7.39. The number of carboxylic acid groups (broad SMARTS) is 2. The molecule has 5 N–H and O–H groups in total. The van der Waals surface area contributed by atoms with Crippen molar-refractivity contribution in [2.45, 2.75) is 82.4 Å². The van der Waals surface area contributed by atoms with E-state index in [1.807, 2.05) is 0 Å². The zero-order chi connectivity index (χ0) is 26.9. The number of rotatable bonds is 13. The van der Waals surface area contributed by atoms with Gasteiger partial charge < -0.3 is 60.2 Å². The lowest BCUT2D eigenvalue weighted by molar-refractivity contribution is -0.310. The highest BCUT2D eigenvalue weighted by Gasteiger charge is 2.47. The zero-order valence-electron chi connectivity index (χ0n) is 19.7. The van der Waals surface area contributed by atoms with Gasteiger partial charge in [0.05, 0.1) is 18.6 Å². The van der Waals surface area contributed by atoms with E-state index < -0.39 is 97.9 Å². The summed E-state index contributed by atoms with van der Waals surface area (Å²) in [7, 11) is 1.27. The first-order valence-corrected chi connectivity index (χ1v) is 10.7. The topological polar surface area (TPSA) is 236 Å². The monoisotopic (exact) mass is 505 g/mol. The highest BCUT2D eigenvalue weighted by molar-refractivity contribution is 5.91. The van der Waals surface area contributed by atoms with Gasteiger partial charge in [-0.1, -0.05) is 0 Å². The van der Waals surface area contributed by atoms with Crippen molar-refractivity contribution in [3.05, 3.63) is 0 Å². The second-order valence-corrected chi connectivity index (χ2v) is 7.94. The number of amides is 3. The molecule has 0 aromatic carbocycles. The van der Waals surface area contributed by atoms with E-state index >= 15 is 0 Å². The van der Waals surface area contributed by atoms with Crippen molar-refractivity contribution >= 4 is 29.7 Å². The Morgan fingerprint density at radius 1 is 1.09 bits per heavy atom. The molecule has 1 saturated heterocycles. The molecule has 1 rings (SSSR count). The third-order valence-corrected chi connectivity index (χ3v) is 5.18. The van der Waals surface area contributed by atoms with Crippen LogP contribution in [-0.2, 0) is 38.2 Å². The molecule has 1 heterocycles. The van der Waals surface area contributed by atoms with Gasteiger partial charge in [0.2, 0.25) is 17.7 Å². The Morgan fingerprint density at radius 2 is 1.71 bits per heavy atom. The third-order valence-electron chi connectivity index (χ3n) is 5.18. The molecule has 0 unspecified atom stereocenters. The van der Waals surface area contributed by atoms with Gasteiger partial charge >= 0.3 is 0 Å². The minimum absolute atomic E-state index is 0.477. The molecule has 0 aromatic rings. The standard InChI is InChI=1S/C20H33N3O12/c1-8(17(29)23-11(19(31)32)5-6-13(26)27)21-18(30)9(2)34-16-14(22-10(3)25)20(33-4)35-12(7-24)15(16)28/h8-9,11-12,14-16,20,24,28H,5-7H2,1-4H3,(H,21,30)(H,22,25)(H,23,29)(H,26,27)(H,31,32)/p-2/t8-,9+,11+,12+,14+,15+,16+,20+/m0/s1. The summed E-state index contributed by atoms with van der Waals surface area (Å²) in [5.41, 5.74) is 0. The van der Waals surface area contributed by atoms with Gasteiger partial charge in [0, 0.05) is 20.0 Å². The van der Waals surface area contributed by atoms with Gasteiger partial charge in [-0.15, -0.1) is 0 Å². The Morgan fingerprint density at radius 3 is 2.20 bits per heavy atom. The van der Waals surface area contributed by atoms with Gasteiger partial charge in [0.15, 0.2) is 6.29 Å². The summed E-state index contributed by atoms with van der Waals surface area (Å²) in [5, 5.41) is 48.5. The van der Waals surface area contributed by atoms with Crippen LogP contribution in [0.5, 0.6) is 0 Å². The molecule has 0 aromatic heterocycles. The average molecular weight is 505 g/mol. The van der Waals surface area contributed by atoms with Gasteiger partial charge in [0.25, 0.3) is 0 Å². The number of ether oxygens (including phenoxy) is 3. The van der Waals surface area contributed by atoms with Crippen LogP contribution in [0.4, 0.5) is 0 Å². The highest BCUT2D eigenvalue weighted by atomic mass is 16.7. The van der Waals surface area contributed by atoms with Gasteiger partial charge in [-0.05, 0) is 26.7 Å². The van der Waals surface area contributed by atoms with E-state index in [0.717, 1.165) is 0 Å². The molecule has 35 heavy (non-hydrogen) atoms. The quantitative estimate of drug-likeness (QED) is 0.157. The van der Waals surface area contributed by atoms with E-state index in [9.17, 15) is 44.4 Å². The molecule has 0 radical (unpaired) electrons. The van der Waals surface area contributed by atoms with Crippen LogP contribution in [-0.4, -0.2) is 102 Å². The van der Waals surface area contributed by atoms with E-state index in [-0.39, 0.29) is 0 Å². The number of carboxylic acids is 2. The largest absolute Gasteiger partial charge is 0.550 e. The van der Waals surface area contributed by atoms with E-state index in [2.05, 4.69) is 16.0 Å². The van der Waals surface area contributed by atoms with Crippen LogP contribution in [0.15, 0.2) is 0 Å². The Labute approximate surface area is 201 Å². The van der Waals surface area contributed by atoms with Gasteiger partial charge in [0.1, 0.15) is 36.5 Å². The molecule has 0 aliphatic carbocycles. The van der Waals surface area contributed by atoms with E-state index in [0.29, 0.717) is 0 Å². The molecule has 15 nitrogen and oxygen atoms in total. The summed E-state index contributed by atoms with van der Waals surface area (Å²) in [6, 6.07) is -3.94. The molecule has 1 fully saturated rings. The van der Waals surface area contributed by atoms with Gasteiger partial charge in [-0.25, -0.2) is 0 Å². The Hall–Kier alpha value is -2.85. The smallest absolute Gasteiger partial charge is 0.249 e. The van der Waals surface area contributed by atoms with E-state index in [1.54, 1.807) is 0 Å². The number of carbonyl (C=O) groups excluding carboxylic acids is 5. The molecular formula is C20H31N3O12-2. The minimum Gasteiger partial charge on any atom is -0.550 e. The first-order valence-electron chi connectivity index (χ1n) is 10.7. The zero-order valence-corrected chi connectivity index (χ0v) is 19.7. The van der Waals surface area contributed by atoms with Gasteiger partial charge in [-0.3, -0.25) is 14.4 Å². The summed E-state index contributed by atoms with van der Waals surface area (Å²) in [6.45, 7) is 3.14. The number of methoxy groups -OCH3 is 1. The predicted molar refractivity (Wildman–Crippen MR) is 109 cm³/mol. The number of carbonyl (C=O) groups is 5. The molecule has 200 valence electrons. The Balaban J connectivity index is 2.85. The molecule has 1 aliphatic heterocycles. The molecule has 0 bridgehead atoms. The van der Waals surface area contributed by atoms with Crippen molar-refractivity contribution in [3.63, 3.8) is 0 Å². The lowest BCUT2D eigenvalue weighted by Crippen LogP contribution is -2.66. The fraction of sp³-hybridized carbons (Fsp3) is 0.750. The maximum atomic E-state index is 12.6. The maximum absolute atomic E-state index is 12.6. The Kier molecular flexibility index (Phi) is 12.0. The van der Waals surface area contributed by atoms with E-state index in [4.69, 9.17) is 14.2 Å². The highest BCUT2D eigenvalue weighted by Crippen LogP contribution is 2.25. The van der Waals surface area contributed by atoms with E-state index in [1.165, 1.54) is 27.9 Å². The van der Waals surface area contributed by atoms with Crippen molar-refractivity contribution in [1.29, 1.82) is 0 Å². The summed E-state index contributed by atoms with van der Waals surface area (Å²) in [4.78, 5) is 58.1. The SMILES string of the molecule is CO[C@@H]1O[C@H](CO)[C@@H](O)[C@H](O[C@H](C)C(=O)N[C@@H](C)C(=O)N[C@H](CCC(=O)[O-])C(=O)[O-])[C@H]1NC(C)=O. The second kappa shape index (κ2) is 13.9. The number of aliphatic hydroxyl groups is 2. The molecule has 3 amide bonds. The fourth-order valence-corrected chi connectivity index (χ4v) is 3.32. The van der Waals surface area contributed by atoms with Crippen molar-refractivity contribution < 1.29 is 58.6 Å². The van der Waals surface area contributed by atoms with Crippen molar-refractivity contribution in [2.24, 2.45) is 0 Å². The van der Waals surface area contributed by atoms with Crippen LogP contribution in [0, 0.1) is 0 Å². The first-order chi connectivity index (χ1) is 16.3. The molecule has 0 spiro atoms. The van der Waals surface area contributed by atoms with Crippen LogP contribution < -0.4 is 26.2 Å². The number of hydrogen-bond donors (Lipinski definition) is 5. The lowest BCUT2D eigenvalue weighted by Gasteiger charge is -2.44. The Bertz CT molecular complexity index is 778. The number of aliphatic hydroxyl groups excluding tert-OH is 2. The van der Waals surface area contributed by atoms with Crippen LogP contribution in [0.3, 0.4) is 0 Å². The normalized spacial score (nSPS) is 26.6. The molecule has 0 saturated carbocycles. The number of nitrogens with one attached hydrogen (secondary N) is 3. The molecule has 1 aliphatic rings. The van der Waals surface area contributed by atoms with Crippen LogP contribution in [0.1, 0.15) is 33.6 Å². The van der Waals surface area contributed by atoms with Crippen LogP contribution in [0.25, 0.3) is 0 Å². The number of hydrogen-bond acceptors (Lipinski definition) is 12. The molecule has 8 atom stereocenters. The summed E-state index contributed by atoms with van der Waals surface area (Å²) >= 11 is 0. The minimum atomic E-state index is -1.71. The summed E-state index contributed by atoms with van der Waals surface area (Å²) in [5.74, 6) is -5.49. The maximum Gasteiger partial charge on any atom is 0.249 e. The van der Waals surface area contributed by atoms with Gasteiger partial charge in [-0.2, -0.15) is 0 Å². The van der Waals surface area contributed by atoms with Crippen LogP contribution >= 0.6 is 0 Å². The van der Waals surface area contributed by atoms with Crippen molar-refractivity contribution in [1.82, 2.24) is 16.0 Å². The fourth-order valence-electron chi connectivity index (χ4n) is 3.32. The predicted octanol–water partition coefficient (Wildman–Crippen LogP) is -5.74. The number of aliphatic carboxylic acids is 2. The first kappa shape index (κ1) is 30.2. The molecular weight excluding hydrogens is 474 g/mol. The second-order valence-electron chi connectivity index (χ2n) is 7.94.